The van der Waals surface area contributed by atoms with Crippen LogP contribution in [0, 0.1) is 6.92 Å². The normalized spacial score (nSPS) is 14.5. The van der Waals surface area contributed by atoms with E-state index < -0.39 is 15.9 Å². The first-order valence-corrected chi connectivity index (χ1v) is 18.6. The summed E-state index contributed by atoms with van der Waals surface area (Å²) in [6.45, 7) is 6.54. The highest BCUT2D eigenvalue weighted by Crippen LogP contribution is 2.38. The van der Waals surface area contributed by atoms with Crippen molar-refractivity contribution in [2.24, 2.45) is 7.05 Å². The second-order valence-corrected chi connectivity index (χ2v) is 15.2. The number of sulfonamides is 1. The monoisotopic (exact) mass is 712 g/mol. The number of para-hydroxylation sites is 2. The summed E-state index contributed by atoms with van der Waals surface area (Å²) >= 11 is 6.80. The molecule has 10 nitrogen and oxygen atoms in total. The van der Waals surface area contributed by atoms with Crippen LogP contribution in [0.5, 0.6) is 0 Å². The number of hydrogen-bond donors (Lipinski definition) is 0. The standard InChI is InChI=1S/C36H36N6O4S3/c1-5-20-39(21-6-2)49(45,46)30-19-13-14-26(22-30)32-27(24-40(37-32)28-15-9-7-10-16-28)23-31-34(43)41(36(47)48-31)33-25(3)38(4)42(35(33)44)29-17-11-8-12-18-29/h7-19,22-24H,5-6,20-21H2,1-4H3. The Hall–Kier alpha value is -4.56. The quantitative estimate of drug-likeness (QED) is 0.113. The molecule has 0 aliphatic carbocycles. The fourth-order valence-corrected chi connectivity index (χ4v) is 8.78. The Balaban J connectivity index is 1.44. The van der Waals surface area contributed by atoms with Gasteiger partial charge in [0.25, 0.3) is 11.5 Å². The molecule has 0 unspecified atom stereocenters. The summed E-state index contributed by atoms with van der Waals surface area (Å²) in [5.74, 6) is -0.425. The first-order chi connectivity index (χ1) is 23.6. The van der Waals surface area contributed by atoms with E-state index in [0.717, 1.165) is 17.4 Å². The molecular weight excluding hydrogens is 677 g/mol. The fourth-order valence-electron chi connectivity index (χ4n) is 5.85. The molecular formula is C36H36N6O4S3. The second kappa shape index (κ2) is 14.1. The summed E-state index contributed by atoms with van der Waals surface area (Å²) < 4.78 is 34.1. The van der Waals surface area contributed by atoms with Gasteiger partial charge in [0.05, 0.1) is 26.9 Å². The second-order valence-electron chi connectivity index (χ2n) is 11.6. The van der Waals surface area contributed by atoms with Crippen LogP contribution in [0.2, 0.25) is 0 Å². The number of hydrogen-bond acceptors (Lipinski definition) is 7. The Kier molecular flexibility index (Phi) is 9.89. The summed E-state index contributed by atoms with van der Waals surface area (Å²) in [5.41, 5.74) is 3.53. The Morgan fingerprint density at radius 2 is 1.53 bits per heavy atom. The number of thioether (sulfide) groups is 1. The average molecular weight is 713 g/mol. The minimum Gasteiger partial charge on any atom is -0.283 e. The lowest BCUT2D eigenvalue weighted by Crippen LogP contribution is -2.33. The third kappa shape index (κ3) is 6.46. The van der Waals surface area contributed by atoms with Crippen LogP contribution in [0.4, 0.5) is 5.69 Å². The minimum atomic E-state index is -3.75. The maximum Gasteiger partial charge on any atom is 0.296 e. The lowest BCUT2D eigenvalue weighted by molar-refractivity contribution is -0.113. The van der Waals surface area contributed by atoms with Gasteiger partial charge in [-0.1, -0.05) is 86.4 Å². The first-order valence-electron chi connectivity index (χ1n) is 15.9. The maximum atomic E-state index is 14.1. The van der Waals surface area contributed by atoms with Gasteiger partial charge in [-0.05, 0) is 62.2 Å². The molecule has 0 spiro atoms. The predicted octanol–water partition coefficient (Wildman–Crippen LogP) is 6.55. The van der Waals surface area contributed by atoms with Crippen LogP contribution in [0.25, 0.3) is 28.7 Å². The van der Waals surface area contributed by atoms with E-state index in [1.807, 2.05) is 80.6 Å². The van der Waals surface area contributed by atoms with E-state index in [4.69, 9.17) is 17.3 Å². The molecule has 252 valence electrons. The molecule has 13 heteroatoms. The molecule has 1 saturated heterocycles. The van der Waals surface area contributed by atoms with Gasteiger partial charge >= 0.3 is 0 Å². The van der Waals surface area contributed by atoms with Crippen LogP contribution in [0.1, 0.15) is 37.9 Å². The molecule has 0 saturated carbocycles. The van der Waals surface area contributed by atoms with Gasteiger partial charge in [-0.2, -0.15) is 9.40 Å². The highest BCUT2D eigenvalue weighted by atomic mass is 32.2. The van der Waals surface area contributed by atoms with Crippen molar-refractivity contribution in [3.63, 3.8) is 0 Å². The van der Waals surface area contributed by atoms with Crippen molar-refractivity contribution in [3.05, 3.63) is 118 Å². The predicted molar refractivity (Wildman–Crippen MR) is 200 cm³/mol. The lowest BCUT2D eigenvalue weighted by Gasteiger charge is -2.21. The highest BCUT2D eigenvalue weighted by Gasteiger charge is 2.38. The minimum absolute atomic E-state index is 0.174. The summed E-state index contributed by atoms with van der Waals surface area (Å²) in [7, 11) is -1.99. The van der Waals surface area contributed by atoms with Crippen LogP contribution >= 0.6 is 24.0 Å². The molecule has 1 amide bonds. The zero-order chi connectivity index (χ0) is 34.9. The Morgan fingerprint density at radius 1 is 0.898 bits per heavy atom. The molecule has 1 aliphatic heterocycles. The summed E-state index contributed by atoms with van der Waals surface area (Å²) in [6, 6.07) is 25.5. The molecule has 6 rings (SSSR count). The van der Waals surface area contributed by atoms with Crippen LogP contribution in [-0.4, -0.2) is 55.2 Å². The van der Waals surface area contributed by atoms with Crippen LogP contribution < -0.4 is 10.5 Å². The number of nitrogens with zero attached hydrogens (tertiary/aromatic N) is 6. The number of thiocarbonyl (C=S) groups is 1. The van der Waals surface area contributed by atoms with Gasteiger partial charge in [0.1, 0.15) is 11.4 Å². The SMILES string of the molecule is CCCN(CCC)S(=O)(=O)c1cccc(-c2nn(-c3ccccc3)cc2C=C2SC(=S)N(c3c(C)n(C)n(-c4ccccc4)c3=O)C2=O)c1. The van der Waals surface area contributed by atoms with Gasteiger partial charge < -0.3 is 0 Å². The van der Waals surface area contributed by atoms with E-state index in [-0.39, 0.29) is 20.5 Å². The molecule has 0 atom stereocenters. The van der Waals surface area contributed by atoms with Crippen LogP contribution in [0.3, 0.4) is 0 Å². The van der Waals surface area contributed by atoms with Crippen LogP contribution in [-0.2, 0) is 21.9 Å². The Bertz CT molecular complexity index is 2230. The van der Waals surface area contributed by atoms with Gasteiger partial charge in [0, 0.05) is 37.5 Å². The Morgan fingerprint density at radius 3 is 2.16 bits per heavy atom. The molecule has 2 aromatic heterocycles. The highest BCUT2D eigenvalue weighted by molar-refractivity contribution is 8.27. The largest absolute Gasteiger partial charge is 0.296 e. The number of aromatic nitrogens is 4. The number of amides is 1. The number of anilines is 1. The number of carbonyl (C=O) groups is 1. The Labute approximate surface area is 295 Å². The van der Waals surface area contributed by atoms with E-state index >= 15 is 0 Å². The van der Waals surface area contributed by atoms with E-state index in [9.17, 15) is 18.0 Å². The zero-order valence-electron chi connectivity index (χ0n) is 27.6. The molecule has 5 aromatic rings. The van der Waals surface area contributed by atoms with Crippen molar-refractivity contribution < 1.29 is 13.2 Å². The van der Waals surface area contributed by atoms with Crippen molar-refractivity contribution in [2.75, 3.05) is 18.0 Å². The third-order valence-corrected chi connectivity index (χ3v) is 11.5. The first kappa shape index (κ1) is 34.3. The van der Waals surface area contributed by atoms with E-state index in [2.05, 4.69) is 0 Å². The smallest absolute Gasteiger partial charge is 0.283 e. The summed E-state index contributed by atoms with van der Waals surface area (Å²) in [4.78, 5) is 29.6. The van der Waals surface area contributed by atoms with Crippen molar-refractivity contribution >= 4 is 56.0 Å². The topological polar surface area (TPSA) is 102 Å². The molecule has 3 aromatic carbocycles. The van der Waals surface area contributed by atoms with Crippen LogP contribution in [0.15, 0.2) is 106 Å². The molecule has 0 N–H and O–H groups in total. The van der Waals surface area contributed by atoms with Gasteiger partial charge in [0.2, 0.25) is 10.0 Å². The van der Waals surface area contributed by atoms with E-state index in [1.54, 1.807) is 53.8 Å². The number of rotatable bonds is 11. The molecule has 49 heavy (non-hydrogen) atoms. The maximum absolute atomic E-state index is 14.1. The summed E-state index contributed by atoms with van der Waals surface area (Å²) in [5, 5.41) is 4.87. The fraction of sp³-hybridized carbons (Fsp3) is 0.222. The van der Waals surface area contributed by atoms with Crippen molar-refractivity contribution in [2.45, 2.75) is 38.5 Å². The summed E-state index contributed by atoms with van der Waals surface area (Å²) in [6.07, 6.45) is 4.91. The number of benzene rings is 3. The molecule has 3 heterocycles. The van der Waals surface area contributed by atoms with Gasteiger partial charge in [-0.25, -0.2) is 17.8 Å². The number of carbonyl (C=O) groups excluding carboxylic acids is 1. The molecule has 1 aliphatic rings. The van der Waals surface area contributed by atoms with Crippen molar-refractivity contribution in [1.82, 2.24) is 23.4 Å². The van der Waals surface area contributed by atoms with E-state index in [1.165, 1.54) is 13.9 Å². The van der Waals surface area contributed by atoms with Gasteiger partial charge in [-0.3, -0.25) is 19.2 Å². The molecule has 0 radical (unpaired) electrons. The lowest BCUT2D eigenvalue weighted by atomic mass is 10.1. The van der Waals surface area contributed by atoms with E-state index in [0.29, 0.717) is 59.0 Å². The van der Waals surface area contributed by atoms with Gasteiger partial charge in [0.15, 0.2) is 4.32 Å². The molecule has 0 bridgehead atoms. The third-order valence-electron chi connectivity index (χ3n) is 8.28. The average Bonchev–Trinajstić information content (AvgIpc) is 3.72. The van der Waals surface area contributed by atoms with Gasteiger partial charge in [-0.15, -0.1) is 0 Å². The zero-order valence-corrected chi connectivity index (χ0v) is 30.1. The van der Waals surface area contributed by atoms with Crippen molar-refractivity contribution in [1.29, 1.82) is 0 Å². The molecule has 1 fully saturated rings. The van der Waals surface area contributed by atoms with Crippen molar-refractivity contribution in [3.8, 4) is 22.6 Å².